The van der Waals surface area contributed by atoms with Crippen molar-refractivity contribution in [2.75, 3.05) is 9.96 Å². The first-order valence-electron chi connectivity index (χ1n) is 10.3. The molecule has 0 N–H and O–H groups in total. The summed E-state index contributed by atoms with van der Waals surface area (Å²) in [5.74, 6) is -1.77. The van der Waals surface area contributed by atoms with E-state index < -0.39 is 34.8 Å². The van der Waals surface area contributed by atoms with Gasteiger partial charge in [0.15, 0.2) is 6.10 Å². The number of amides is 2. The lowest BCUT2D eigenvalue weighted by atomic mass is 9.90. The average Bonchev–Trinajstić information content (AvgIpc) is 3.31. The van der Waals surface area contributed by atoms with Crippen LogP contribution < -0.4 is 9.96 Å². The number of hydrogen-bond donors (Lipinski definition) is 0. The summed E-state index contributed by atoms with van der Waals surface area (Å²) in [5.41, 5.74) is 2.27. The van der Waals surface area contributed by atoms with Gasteiger partial charge in [-0.05, 0) is 36.8 Å². The van der Waals surface area contributed by atoms with Crippen LogP contribution in [0.4, 0.5) is 17.1 Å². The van der Waals surface area contributed by atoms with Crippen molar-refractivity contribution in [3.8, 4) is 0 Å². The van der Waals surface area contributed by atoms with E-state index in [1.807, 2.05) is 19.1 Å². The smallest absolute Gasteiger partial charge is 0.271 e. The number of halogens is 1. The second kappa shape index (κ2) is 7.99. The van der Waals surface area contributed by atoms with Gasteiger partial charge >= 0.3 is 0 Å². The van der Waals surface area contributed by atoms with Crippen molar-refractivity contribution in [1.82, 2.24) is 0 Å². The van der Waals surface area contributed by atoms with E-state index >= 15 is 0 Å². The maximum atomic E-state index is 13.6. The number of nitrogens with zero attached hydrogens (tertiary/aromatic N) is 3. The second-order valence-corrected chi connectivity index (χ2v) is 8.38. The van der Waals surface area contributed by atoms with Crippen LogP contribution in [0.3, 0.4) is 0 Å². The van der Waals surface area contributed by atoms with E-state index in [0.29, 0.717) is 22.0 Å². The van der Waals surface area contributed by atoms with Gasteiger partial charge in [0.2, 0.25) is 5.91 Å². The number of carbonyl (C=O) groups excluding carboxylic acids is 2. The summed E-state index contributed by atoms with van der Waals surface area (Å²) in [6, 6.07) is 19.2. The SMILES string of the molecule is Cc1ccc(N2C(=O)[C@@H]3[C@H](ON(c4cccc([N+](=O)[O-])c4)[C@@H]3c3ccccc3Cl)C2=O)cc1. The average molecular weight is 464 g/mol. The van der Waals surface area contributed by atoms with Gasteiger partial charge in [-0.15, -0.1) is 0 Å². The Morgan fingerprint density at radius 2 is 1.67 bits per heavy atom. The zero-order valence-corrected chi connectivity index (χ0v) is 18.2. The Balaban J connectivity index is 1.61. The number of nitro benzene ring substituents is 1. The molecule has 8 nitrogen and oxygen atoms in total. The number of carbonyl (C=O) groups is 2. The van der Waals surface area contributed by atoms with Crippen LogP contribution in [0.1, 0.15) is 17.2 Å². The van der Waals surface area contributed by atoms with Crippen LogP contribution in [0.25, 0.3) is 0 Å². The third-order valence-corrected chi connectivity index (χ3v) is 6.27. The van der Waals surface area contributed by atoms with Crippen LogP contribution in [-0.2, 0) is 14.4 Å². The summed E-state index contributed by atoms with van der Waals surface area (Å²) in [6.45, 7) is 1.92. The Bertz CT molecular complexity index is 1280. The zero-order valence-electron chi connectivity index (χ0n) is 17.4. The van der Waals surface area contributed by atoms with Crippen molar-refractivity contribution in [3.63, 3.8) is 0 Å². The summed E-state index contributed by atoms with van der Waals surface area (Å²) < 4.78 is 0. The lowest BCUT2D eigenvalue weighted by Crippen LogP contribution is -2.37. The number of imide groups is 1. The van der Waals surface area contributed by atoms with Gasteiger partial charge < -0.3 is 0 Å². The van der Waals surface area contributed by atoms with Crippen LogP contribution in [-0.4, -0.2) is 22.8 Å². The van der Waals surface area contributed by atoms with Gasteiger partial charge in [0.1, 0.15) is 5.92 Å². The Labute approximate surface area is 194 Å². The van der Waals surface area contributed by atoms with E-state index in [0.717, 1.165) is 10.5 Å². The van der Waals surface area contributed by atoms with Crippen LogP contribution in [0.15, 0.2) is 72.8 Å². The number of hydroxylamine groups is 1. The van der Waals surface area contributed by atoms with Gasteiger partial charge in [-0.1, -0.05) is 53.6 Å². The third kappa shape index (κ3) is 3.44. The van der Waals surface area contributed by atoms with Crippen molar-refractivity contribution in [2.24, 2.45) is 5.92 Å². The predicted octanol–water partition coefficient (Wildman–Crippen LogP) is 4.61. The normalized spacial score (nSPS) is 22.1. The Kier molecular flexibility index (Phi) is 5.11. The van der Waals surface area contributed by atoms with Gasteiger partial charge in [-0.3, -0.25) is 24.5 Å². The van der Waals surface area contributed by atoms with E-state index in [4.69, 9.17) is 16.4 Å². The molecule has 2 aliphatic heterocycles. The molecule has 2 amide bonds. The molecule has 0 saturated carbocycles. The molecule has 3 aromatic rings. The fourth-order valence-corrected chi connectivity index (χ4v) is 4.61. The fraction of sp³-hybridized carbons (Fsp3) is 0.167. The van der Waals surface area contributed by atoms with Gasteiger partial charge in [0.05, 0.1) is 22.3 Å². The van der Waals surface area contributed by atoms with Gasteiger partial charge in [-0.25, -0.2) is 9.96 Å². The van der Waals surface area contributed by atoms with Crippen LogP contribution in [0, 0.1) is 23.0 Å². The number of anilines is 2. The maximum absolute atomic E-state index is 13.6. The van der Waals surface area contributed by atoms with E-state index in [-0.39, 0.29) is 5.69 Å². The van der Waals surface area contributed by atoms with Crippen LogP contribution in [0.2, 0.25) is 5.02 Å². The molecule has 3 atom stereocenters. The van der Waals surface area contributed by atoms with E-state index in [9.17, 15) is 19.7 Å². The Hall–Kier alpha value is -3.75. The number of fused-ring (bicyclic) bond motifs is 1. The number of hydrogen-bond acceptors (Lipinski definition) is 6. The molecule has 3 aromatic carbocycles. The Morgan fingerprint density at radius 3 is 2.36 bits per heavy atom. The van der Waals surface area contributed by atoms with Gasteiger partial charge in [-0.2, -0.15) is 0 Å². The molecule has 9 heteroatoms. The number of rotatable bonds is 4. The van der Waals surface area contributed by atoms with Crippen LogP contribution >= 0.6 is 11.6 Å². The summed E-state index contributed by atoms with van der Waals surface area (Å²) in [4.78, 5) is 44.8. The van der Waals surface area contributed by atoms with Crippen molar-refractivity contribution < 1.29 is 19.3 Å². The molecule has 33 heavy (non-hydrogen) atoms. The lowest BCUT2D eigenvalue weighted by molar-refractivity contribution is -0.384. The first kappa shape index (κ1) is 21.1. The highest BCUT2D eigenvalue weighted by Gasteiger charge is 2.60. The van der Waals surface area contributed by atoms with E-state index in [2.05, 4.69) is 0 Å². The molecule has 5 rings (SSSR count). The molecule has 0 aliphatic carbocycles. The molecule has 0 spiro atoms. The fourth-order valence-electron chi connectivity index (χ4n) is 4.36. The number of non-ortho nitro benzene ring substituents is 1. The number of aryl methyl sites for hydroxylation is 1. The second-order valence-electron chi connectivity index (χ2n) is 7.97. The van der Waals surface area contributed by atoms with E-state index in [1.165, 1.54) is 23.3 Å². The summed E-state index contributed by atoms with van der Waals surface area (Å²) in [6.07, 6.45) is -1.08. The quantitative estimate of drug-likeness (QED) is 0.319. The Morgan fingerprint density at radius 1 is 0.939 bits per heavy atom. The number of benzene rings is 3. The molecule has 2 aliphatic rings. The van der Waals surface area contributed by atoms with Crippen molar-refractivity contribution in [3.05, 3.63) is 99.1 Å². The molecule has 2 saturated heterocycles. The molecule has 0 aromatic heterocycles. The largest absolute Gasteiger partial charge is 0.273 e. The number of nitro groups is 1. The minimum Gasteiger partial charge on any atom is -0.273 e. The highest BCUT2D eigenvalue weighted by atomic mass is 35.5. The van der Waals surface area contributed by atoms with Crippen LogP contribution in [0.5, 0.6) is 0 Å². The highest BCUT2D eigenvalue weighted by Crippen LogP contribution is 2.49. The lowest BCUT2D eigenvalue weighted by Gasteiger charge is -2.29. The molecule has 2 fully saturated rings. The van der Waals surface area contributed by atoms with Gasteiger partial charge in [0.25, 0.3) is 11.6 Å². The zero-order chi connectivity index (χ0) is 23.3. The molecular formula is C24H18ClN3O5. The first-order valence-corrected chi connectivity index (χ1v) is 10.6. The summed E-state index contributed by atoms with van der Waals surface area (Å²) in [5, 5.41) is 13.1. The van der Waals surface area contributed by atoms with E-state index in [1.54, 1.807) is 42.5 Å². The molecule has 0 unspecified atom stereocenters. The molecule has 0 radical (unpaired) electrons. The van der Waals surface area contributed by atoms with Crippen molar-refractivity contribution in [2.45, 2.75) is 19.1 Å². The standard InChI is InChI=1S/C24H18ClN3O5/c1-14-9-11-15(12-10-14)26-23(29)20-21(18-7-2-3-8-19(18)25)27(33-22(20)24(26)30)16-5-4-6-17(13-16)28(31)32/h2-13,20-22H,1H3/t20-,21+,22-/m0/s1. The van der Waals surface area contributed by atoms with Crippen molar-refractivity contribution in [1.29, 1.82) is 0 Å². The molecule has 166 valence electrons. The molecule has 2 heterocycles. The maximum Gasteiger partial charge on any atom is 0.271 e. The third-order valence-electron chi connectivity index (χ3n) is 5.93. The summed E-state index contributed by atoms with van der Waals surface area (Å²) >= 11 is 6.48. The predicted molar refractivity (Wildman–Crippen MR) is 122 cm³/mol. The monoisotopic (exact) mass is 463 g/mol. The topological polar surface area (TPSA) is 93.0 Å². The minimum absolute atomic E-state index is 0.134. The minimum atomic E-state index is -1.08. The first-order chi connectivity index (χ1) is 15.9. The van der Waals surface area contributed by atoms with Gasteiger partial charge in [0, 0.05) is 17.2 Å². The van der Waals surface area contributed by atoms with Crippen molar-refractivity contribution >= 4 is 40.5 Å². The molecule has 0 bridgehead atoms. The summed E-state index contributed by atoms with van der Waals surface area (Å²) in [7, 11) is 0. The highest BCUT2D eigenvalue weighted by molar-refractivity contribution is 6.31. The molecular weight excluding hydrogens is 446 g/mol.